The van der Waals surface area contributed by atoms with Crippen molar-refractivity contribution in [1.82, 2.24) is 10.3 Å². The van der Waals surface area contributed by atoms with Gasteiger partial charge in [0.1, 0.15) is 0 Å². The molecule has 0 radical (unpaired) electrons. The number of carbonyl (C=O) groups excluding carboxylic acids is 1. The first-order chi connectivity index (χ1) is 9.22. The molecular weight excluding hydrogens is 262 g/mol. The van der Waals surface area contributed by atoms with Crippen LogP contribution in [0.2, 0.25) is 5.02 Å². The first kappa shape index (κ1) is 12.4. The molecule has 1 aromatic carbocycles. The number of hydrogen-bond donors (Lipinski definition) is 2. The summed E-state index contributed by atoms with van der Waals surface area (Å²) in [6, 6.07) is 7.85. The molecule has 4 nitrogen and oxygen atoms in total. The number of amides is 1. The molecule has 0 atom stereocenters. The van der Waals surface area contributed by atoms with Gasteiger partial charge in [0.05, 0.1) is 17.7 Å². The van der Waals surface area contributed by atoms with Crippen LogP contribution in [-0.2, 0) is 4.79 Å². The number of halogens is 1. The lowest BCUT2D eigenvalue weighted by molar-refractivity contribution is -0.115. The van der Waals surface area contributed by atoms with E-state index in [1.165, 1.54) is 0 Å². The van der Waals surface area contributed by atoms with Crippen LogP contribution in [0.4, 0.5) is 5.69 Å². The van der Waals surface area contributed by atoms with Crippen LogP contribution in [0.3, 0.4) is 0 Å². The summed E-state index contributed by atoms with van der Waals surface area (Å²) in [6.07, 6.45) is 4.03. The number of anilines is 1. The Morgan fingerprint density at radius 1 is 1.42 bits per heavy atom. The minimum Gasteiger partial charge on any atom is -0.323 e. The molecule has 19 heavy (non-hydrogen) atoms. The van der Waals surface area contributed by atoms with Crippen LogP contribution in [0, 0.1) is 0 Å². The molecule has 0 spiro atoms. The Hall–Kier alpha value is -1.65. The summed E-state index contributed by atoms with van der Waals surface area (Å²) in [7, 11) is 0. The minimum absolute atomic E-state index is 0.0684. The van der Waals surface area contributed by atoms with E-state index in [-0.39, 0.29) is 5.91 Å². The first-order valence-corrected chi connectivity index (χ1v) is 6.68. The molecule has 1 heterocycles. The summed E-state index contributed by atoms with van der Waals surface area (Å²) in [5.41, 5.74) is 1.41. The molecule has 0 aliphatic heterocycles. The standard InChI is InChI=1S/C14H14ClN3O/c15-10-6-9-2-1-5-16-14(9)12(7-10)18-13(19)8-17-11-3-4-11/h1-2,5-7,11,17H,3-4,8H2,(H,18,19). The number of nitrogens with one attached hydrogen (secondary N) is 2. The van der Waals surface area contributed by atoms with Crippen LogP contribution >= 0.6 is 11.6 Å². The second kappa shape index (κ2) is 5.15. The van der Waals surface area contributed by atoms with Crippen LogP contribution in [0.25, 0.3) is 10.9 Å². The predicted molar refractivity (Wildman–Crippen MR) is 76.4 cm³/mol. The Kier molecular flexibility index (Phi) is 3.36. The van der Waals surface area contributed by atoms with Gasteiger partial charge < -0.3 is 10.6 Å². The van der Waals surface area contributed by atoms with Crippen LogP contribution < -0.4 is 10.6 Å². The Balaban J connectivity index is 1.80. The maximum atomic E-state index is 11.9. The largest absolute Gasteiger partial charge is 0.323 e. The van der Waals surface area contributed by atoms with Gasteiger partial charge in [-0.25, -0.2) is 0 Å². The second-order valence-corrected chi connectivity index (χ2v) is 5.17. The molecule has 1 aromatic heterocycles. The zero-order valence-corrected chi connectivity index (χ0v) is 11.1. The van der Waals surface area contributed by atoms with Gasteiger partial charge in [0.15, 0.2) is 0 Å². The van der Waals surface area contributed by atoms with E-state index in [2.05, 4.69) is 15.6 Å². The van der Waals surface area contributed by atoms with E-state index >= 15 is 0 Å². The number of rotatable bonds is 4. The predicted octanol–water partition coefficient (Wildman–Crippen LogP) is 2.58. The van der Waals surface area contributed by atoms with Crippen molar-refractivity contribution in [3.63, 3.8) is 0 Å². The van der Waals surface area contributed by atoms with E-state index in [9.17, 15) is 4.79 Å². The SMILES string of the molecule is O=C(CNC1CC1)Nc1cc(Cl)cc2cccnc12. The normalized spacial score (nSPS) is 14.6. The van der Waals surface area contributed by atoms with Crippen molar-refractivity contribution in [1.29, 1.82) is 0 Å². The van der Waals surface area contributed by atoms with E-state index in [4.69, 9.17) is 11.6 Å². The van der Waals surface area contributed by atoms with E-state index in [0.717, 1.165) is 23.7 Å². The van der Waals surface area contributed by atoms with Crippen molar-refractivity contribution in [3.8, 4) is 0 Å². The zero-order chi connectivity index (χ0) is 13.2. The molecule has 3 rings (SSSR count). The highest BCUT2D eigenvalue weighted by atomic mass is 35.5. The number of pyridine rings is 1. The highest BCUT2D eigenvalue weighted by Gasteiger charge is 2.21. The highest BCUT2D eigenvalue weighted by molar-refractivity contribution is 6.32. The van der Waals surface area contributed by atoms with E-state index in [0.29, 0.717) is 23.3 Å². The monoisotopic (exact) mass is 275 g/mol. The van der Waals surface area contributed by atoms with Crippen LogP contribution in [-0.4, -0.2) is 23.5 Å². The Morgan fingerprint density at radius 2 is 2.26 bits per heavy atom. The minimum atomic E-state index is -0.0684. The second-order valence-electron chi connectivity index (χ2n) is 4.73. The maximum absolute atomic E-state index is 11.9. The van der Waals surface area contributed by atoms with E-state index in [1.807, 2.05) is 18.2 Å². The fourth-order valence-corrected chi connectivity index (χ4v) is 2.20. The van der Waals surface area contributed by atoms with Crippen molar-refractivity contribution in [2.45, 2.75) is 18.9 Å². The number of carbonyl (C=O) groups is 1. The fraction of sp³-hybridized carbons (Fsp3) is 0.286. The molecule has 5 heteroatoms. The summed E-state index contributed by atoms with van der Waals surface area (Å²) < 4.78 is 0. The van der Waals surface area contributed by atoms with Gasteiger partial charge in [-0.3, -0.25) is 9.78 Å². The third-order valence-corrected chi connectivity index (χ3v) is 3.29. The molecule has 1 aliphatic carbocycles. The Labute approximate surface area is 116 Å². The molecule has 1 fully saturated rings. The molecule has 0 bridgehead atoms. The van der Waals surface area contributed by atoms with Crippen LogP contribution in [0.5, 0.6) is 0 Å². The molecule has 1 aliphatic rings. The smallest absolute Gasteiger partial charge is 0.238 e. The van der Waals surface area contributed by atoms with Crippen molar-refractivity contribution >= 4 is 34.1 Å². The van der Waals surface area contributed by atoms with E-state index < -0.39 is 0 Å². The van der Waals surface area contributed by atoms with Crippen molar-refractivity contribution < 1.29 is 4.79 Å². The average molecular weight is 276 g/mol. The topological polar surface area (TPSA) is 54.0 Å². The Morgan fingerprint density at radius 3 is 3.05 bits per heavy atom. The lowest BCUT2D eigenvalue weighted by atomic mass is 10.2. The van der Waals surface area contributed by atoms with Crippen LogP contribution in [0.15, 0.2) is 30.5 Å². The molecule has 1 amide bonds. The maximum Gasteiger partial charge on any atom is 0.238 e. The number of aromatic nitrogens is 1. The van der Waals surface area contributed by atoms with Crippen molar-refractivity contribution in [3.05, 3.63) is 35.5 Å². The lowest BCUT2D eigenvalue weighted by Crippen LogP contribution is -2.29. The lowest BCUT2D eigenvalue weighted by Gasteiger charge is -2.09. The molecule has 2 N–H and O–H groups in total. The van der Waals surface area contributed by atoms with Gasteiger partial charge in [-0.1, -0.05) is 17.7 Å². The van der Waals surface area contributed by atoms with E-state index in [1.54, 1.807) is 12.3 Å². The summed E-state index contributed by atoms with van der Waals surface area (Å²) >= 11 is 6.05. The van der Waals surface area contributed by atoms with Crippen molar-refractivity contribution in [2.75, 3.05) is 11.9 Å². The van der Waals surface area contributed by atoms with Gasteiger partial charge in [0.2, 0.25) is 5.91 Å². The average Bonchev–Trinajstić information content (AvgIpc) is 3.20. The highest BCUT2D eigenvalue weighted by Crippen LogP contribution is 2.26. The van der Waals surface area contributed by atoms with Gasteiger partial charge in [-0.05, 0) is 31.0 Å². The third kappa shape index (κ3) is 3.03. The number of fused-ring (bicyclic) bond motifs is 1. The fourth-order valence-electron chi connectivity index (χ4n) is 1.97. The zero-order valence-electron chi connectivity index (χ0n) is 10.3. The first-order valence-electron chi connectivity index (χ1n) is 6.30. The molecule has 0 saturated heterocycles. The number of benzene rings is 1. The summed E-state index contributed by atoms with van der Waals surface area (Å²) in [6.45, 7) is 0.325. The quantitative estimate of drug-likeness (QED) is 0.902. The molecule has 1 saturated carbocycles. The molecular formula is C14H14ClN3O. The number of nitrogens with zero attached hydrogens (tertiary/aromatic N) is 1. The molecule has 0 unspecified atom stereocenters. The van der Waals surface area contributed by atoms with Crippen LogP contribution in [0.1, 0.15) is 12.8 Å². The van der Waals surface area contributed by atoms with Gasteiger partial charge in [-0.15, -0.1) is 0 Å². The van der Waals surface area contributed by atoms with Gasteiger partial charge in [-0.2, -0.15) is 0 Å². The third-order valence-electron chi connectivity index (χ3n) is 3.07. The van der Waals surface area contributed by atoms with Gasteiger partial charge in [0, 0.05) is 22.6 Å². The number of hydrogen-bond acceptors (Lipinski definition) is 3. The Bertz CT molecular complexity index is 625. The van der Waals surface area contributed by atoms with Gasteiger partial charge in [0.25, 0.3) is 0 Å². The summed E-state index contributed by atoms with van der Waals surface area (Å²) in [5, 5.41) is 7.54. The molecule has 2 aromatic rings. The summed E-state index contributed by atoms with van der Waals surface area (Å²) in [5.74, 6) is -0.0684. The molecule has 98 valence electrons. The van der Waals surface area contributed by atoms with Gasteiger partial charge >= 0.3 is 0 Å². The van der Waals surface area contributed by atoms with Crippen molar-refractivity contribution in [2.24, 2.45) is 0 Å². The summed E-state index contributed by atoms with van der Waals surface area (Å²) in [4.78, 5) is 16.1.